The number of hydrogen-bond acceptors (Lipinski definition) is 4. The molecule has 0 saturated heterocycles. The van der Waals surface area contributed by atoms with E-state index in [0.717, 1.165) is 11.8 Å². The van der Waals surface area contributed by atoms with Crippen LogP contribution in [0.3, 0.4) is 0 Å². The first-order valence-electron chi connectivity index (χ1n) is 7.01. The zero-order chi connectivity index (χ0) is 13.4. The Balaban J connectivity index is 1.73. The molecule has 3 rings (SSSR count). The molecule has 1 aromatic rings. The Labute approximate surface area is 112 Å². The van der Waals surface area contributed by atoms with E-state index in [0.29, 0.717) is 11.7 Å². The first kappa shape index (κ1) is 12.4. The van der Waals surface area contributed by atoms with Gasteiger partial charge in [0.2, 0.25) is 5.82 Å². The van der Waals surface area contributed by atoms with Crippen LogP contribution in [0.2, 0.25) is 0 Å². The summed E-state index contributed by atoms with van der Waals surface area (Å²) in [4.78, 5) is 14.7. The van der Waals surface area contributed by atoms with E-state index in [1.54, 1.807) is 12.3 Å². The monoisotopic (exact) mass is 261 g/mol. The first-order valence-corrected chi connectivity index (χ1v) is 7.01. The van der Waals surface area contributed by atoms with Crippen molar-refractivity contribution in [2.75, 3.05) is 5.32 Å². The Kier molecular flexibility index (Phi) is 3.12. The second-order valence-corrected chi connectivity index (χ2v) is 5.90. The molecule has 1 N–H and O–H groups in total. The molecule has 0 radical (unpaired) electrons. The summed E-state index contributed by atoms with van der Waals surface area (Å²) in [6, 6.07) is 3.36. The summed E-state index contributed by atoms with van der Waals surface area (Å²) in [5.74, 6) is 2.73. The lowest BCUT2D eigenvalue weighted by Crippen LogP contribution is -2.30. The van der Waals surface area contributed by atoms with Gasteiger partial charge in [-0.05, 0) is 50.0 Å². The number of pyridine rings is 1. The van der Waals surface area contributed by atoms with Gasteiger partial charge in [0, 0.05) is 18.3 Å². The predicted molar refractivity (Wildman–Crippen MR) is 72.9 cm³/mol. The van der Waals surface area contributed by atoms with Gasteiger partial charge < -0.3 is 5.32 Å². The van der Waals surface area contributed by atoms with E-state index in [4.69, 9.17) is 0 Å². The van der Waals surface area contributed by atoms with Gasteiger partial charge in [-0.15, -0.1) is 0 Å². The maximum absolute atomic E-state index is 11.0. The molecule has 0 aromatic carbocycles. The fourth-order valence-corrected chi connectivity index (χ4v) is 3.88. The normalized spacial score (nSPS) is 30.3. The number of nitrogens with zero attached hydrogens (tertiary/aromatic N) is 2. The molecule has 0 amide bonds. The summed E-state index contributed by atoms with van der Waals surface area (Å²) in [5.41, 5.74) is 0.0671. The quantitative estimate of drug-likeness (QED) is 0.667. The highest BCUT2D eigenvalue weighted by atomic mass is 16.6. The lowest BCUT2D eigenvalue weighted by atomic mass is 9.84. The molecule has 2 aliphatic carbocycles. The molecular formula is C14H19N3O2. The molecule has 5 heteroatoms. The summed E-state index contributed by atoms with van der Waals surface area (Å²) in [6.07, 6.45) is 6.91. The minimum absolute atomic E-state index is 0.0671. The molecule has 2 fully saturated rings. The summed E-state index contributed by atoms with van der Waals surface area (Å²) < 4.78 is 0. The summed E-state index contributed by atoms with van der Waals surface area (Å²) >= 11 is 0. The van der Waals surface area contributed by atoms with Crippen molar-refractivity contribution in [3.63, 3.8) is 0 Å². The molecule has 19 heavy (non-hydrogen) atoms. The second kappa shape index (κ2) is 4.79. The average molecular weight is 261 g/mol. The fraction of sp³-hybridized carbons (Fsp3) is 0.643. The Morgan fingerprint density at radius 2 is 2.32 bits per heavy atom. The molecule has 5 nitrogen and oxygen atoms in total. The minimum atomic E-state index is -0.372. The van der Waals surface area contributed by atoms with E-state index in [2.05, 4.69) is 17.2 Å². The van der Waals surface area contributed by atoms with Crippen LogP contribution in [0, 0.1) is 27.9 Å². The topological polar surface area (TPSA) is 68.1 Å². The van der Waals surface area contributed by atoms with E-state index in [1.165, 1.54) is 31.7 Å². The van der Waals surface area contributed by atoms with Crippen molar-refractivity contribution in [2.45, 2.75) is 38.6 Å². The number of aromatic nitrogens is 1. The number of nitro groups is 1. The first-order chi connectivity index (χ1) is 9.15. The van der Waals surface area contributed by atoms with Gasteiger partial charge in [-0.3, -0.25) is 10.1 Å². The van der Waals surface area contributed by atoms with Crippen LogP contribution >= 0.6 is 0 Å². The molecular weight excluding hydrogens is 242 g/mol. The zero-order valence-corrected chi connectivity index (χ0v) is 11.1. The van der Waals surface area contributed by atoms with Crippen LogP contribution in [0.15, 0.2) is 18.3 Å². The van der Waals surface area contributed by atoms with Crippen molar-refractivity contribution < 1.29 is 4.92 Å². The van der Waals surface area contributed by atoms with Crippen molar-refractivity contribution in [3.05, 3.63) is 28.4 Å². The largest absolute Gasteiger partial charge is 0.362 e. The highest BCUT2D eigenvalue weighted by Crippen LogP contribution is 2.49. The highest BCUT2D eigenvalue weighted by Gasteiger charge is 2.42. The van der Waals surface area contributed by atoms with Gasteiger partial charge in [0.1, 0.15) is 0 Å². The molecule has 0 aliphatic heterocycles. The fourth-order valence-electron chi connectivity index (χ4n) is 3.88. The van der Waals surface area contributed by atoms with Crippen molar-refractivity contribution in [2.24, 2.45) is 17.8 Å². The molecule has 1 aromatic heterocycles. The van der Waals surface area contributed by atoms with E-state index < -0.39 is 0 Å². The van der Waals surface area contributed by atoms with Gasteiger partial charge >= 0.3 is 5.69 Å². The predicted octanol–water partition coefficient (Wildman–Crippen LogP) is 3.23. The summed E-state index contributed by atoms with van der Waals surface area (Å²) in [7, 11) is 0. The van der Waals surface area contributed by atoms with Crippen LogP contribution in [0.4, 0.5) is 11.5 Å². The summed E-state index contributed by atoms with van der Waals surface area (Å²) in [5, 5.41) is 14.2. The third kappa shape index (κ3) is 2.29. The Bertz CT molecular complexity index is 491. The number of rotatable bonds is 4. The van der Waals surface area contributed by atoms with E-state index in [9.17, 15) is 10.1 Å². The van der Waals surface area contributed by atoms with Crippen molar-refractivity contribution in [1.29, 1.82) is 0 Å². The number of nitrogens with one attached hydrogen (secondary N) is 1. The maximum Gasteiger partial charge on any atom is 0.311 e. The van der Waals surface area contributed by atoms with Gasteiger partial charge in [0.15, 0.2) is 0 Å². The van der Waals surface area contributed by atoms with Crippen LogP contribution < -0.4 is 5.32 Å². The average Bonchev–Trinajstić information content (AvgIpc) is 3.01. The molecule has 2 saturated carbocycles. The van der Waals surface area contributed by atoms with Gasteiger partial charge in [0.05, 0.1) is 4.92 Å². The minimum Gasteiger partial charge on any atom is -0.362 e. The van der Waals surface area contributed by atoms with Gasteiger partial charge in [-0.25, -0.2) is 4.98 Å². The number of fused-ring (bicyclic) bond motifs is 2. The molecule has 4 atom stereocenters. The molecule has 102 valence electrons. The third-order valence-corrected chi connectivity index (χ3v) is 4.78. The van der Waals surface area contributed by atoms with Crippen molar-refractivity contribution in [1.82, 2.24) is 4.98 Å². The second-order valence-electron chi connectivity index (χ2n) is 5.90. The van der Waals surface area contributed by atoms with Gasteiger partial charge in [0.25, 0.3) is 0 Å². The van der Waals surface area contributed by atoms with Crippen LogP contribution in [0.5, 0.6) is 0 Å². The lowest BCUT2D eigenvalue weighted by Gasteiger charge is -2.28. The van der Waals surface area contributed by atoms with Crippen LogP contribution in [-0.4, -0.2) is 15.9 Å². The summed E-state index contributed by atoms with van der Waals surface area (Å²) in [6.45, 7) is 2.13. The number of anilines is 1. The number of hydrogen-bond donors (Lipinski definition) is 1. The third-order valence-electron chi connectivity index (χ3n) is 4.78. The van der Waals surface area contributed by atoms with E-state index in [-0.39, 0.29) is 16.7 Å². The Morgan fingerprint density at radius 1 is 1.47 bits per heavy atom. The highest BCUT2D eigenvalue weighted by molar-refractivity contribution is 5.55. The Morgan fingerprint density at radius 3 is 2.95 bits per heavy atom. The maximum atomic E-state index is 11.0. The Hall–Kier alpha value is -1.65. The zero-order valence-electron chi connectivity index (χ0n) is 11.1. The molecule has 0 spiro atoms. The molecule has 2 aliphatic rings. The van der Waals surface area contributed by atoms with Crippen molar-refractivity contribution >= 4 is 11.5 Å². The van der Waals surface area contributed by atoms with E-state index >= 15 is 0 Å². The van der Waals surface area contributed by atoms with Crippen LogP contribution in [0.1, 0.15) is 32.6 Å². The molecule has 2 bridgehead atoms. The van der Waals surface area contributed by atoms with Gasteiger partial charge in [-0.1, -0.05) is 6.42 Å². The van der Waals surface area contributed by atoms with Crippen LogP contribution in [0.25, 0.3) is 0 Å². The van der Waals surface area contributed by atoms with Crippen LogP contribution in [-0.2, 0) is 0 Å². The standard InChI is InChI=1S/C14H19N3O2/c1-9(12-8-10-4-5-11(12)7-10)16-14-13(17(18)19)3-2-6-15-14/h2-3,6,9-12H,4-5,7-8H2,1H3,(H,15,16)/t9-,10+,11+,12+/m1/s1. The SMILES string of the molecule is C[C@@H](Nc1ncccc1[N+](=O)[O-])[C@@H]1C[C@H]2CC[C@H]1C2. The smallest absolute Gasteiger partial charge is 0.311 e. The van der Waals surface area contributed by atoms with E-state index in [1.807, 2.05) is 0 Å². The lowest BCUT2D eigenvalue weighted by molar-refractivity contribution is -0.384. The van der Waals surface area contributed by atoms with Crippen molar-refractivity contribution in [3.8, 4) is 0 Å². The van der Waals surface area contributed by atoms with Gasteiger partial charge in [-0.2, -0.15) is 0 Å². The molecule has 0 unspecified atom stereocenters. The molecule has 1 heterocycles.